The molecule has 0 spiro atoms. The Kier molecular flexibility index (Phi) is 7.49. The fourth-order valence-corrected chi connectivity index (χ4v) is 0.659. The van der Waals surface area contributed by atoms with E-state index in [-0.39, 0.29) is 12.4 Å². The molecule has 2 saturated heterocycles. The van der Waals surface area contributed by atoms with Crippen LogP contribution in [0.4, 0.5) is 0 Å². The minimum atomic E-state index is 0. The van der Waals surface area contributed by atoms with Crippen LogP contribution in [-0.2, 0) is 14.2 Å². The van der Waals surface area contributed by atoms with E-state index in [4.69, 9.17) is 14.2 Å². The van der Waals surface area contributed by atoms with Crippen molar-refractivity contribution in [3.05, 3.63) is 0 Å². The van der Waals surface area contributed by atoms with E-state index in [1.54, 1.807) is 0 Å². The normalized spacial score (nSPS) is 27.4. The summed E-state index contributed by atoms with van der Waals surface area (Å²) in [5.74, 6) is 0. The van der Waals surface area contributed by atoms with Gasteiger partial charge in [0.05, 0.1) is 26.4 Å². The summed E-state index contributed by atoms with van der Waals surface area (Å²) in [6.45, 7) is 3.26. The van der Waals surface area contributed by atoms with E-state index < -0.39 is 0 Å². The van der Waals surface area contributed by atoms with Gasteiger partial charge in [-0.25, -0.2) is 0 Å². The lowest BCUT2D eigenvalue weighted by Crippen LogP contribution is -2.06. The lowest BCUT2D eigenvalue weighted by Gasteiger charge is -1.95. The van der Waals surface area contributed by atoms with Crippen molar-refractivity contribution < 1.29 is 14.2 Å². The van der Waals surface area contributed by atoms with Gasteiger partial charge in [-0.05, 0) is 21.1 Å². The second kappa shape index (κ2) is 7.43. The van der Waals surface area contributed by atoms with Gasteiger partial charge in [0.15, 0.2) is 0 Å². The summed E-state index contributed by atoms with van der Waals surface area (Å²) in [6.07, 6.45) is 0.785. The molecule has 2 aliphatic heterocycles. The molecule has 0 aromatic heterocycles. The Labute approximate surface area is 91.9 Å². The highest BCUT2D eigenvalue weighted by molar-refractivity contribution is 5.85. The van der Waals surface area contributed by atoms with Gasteiger partial charge < -0.3 is 19.1 Å². The largest absolute Gasteiger partial charge is 0.376 e. The van der Waals surface area contributed by atoms with Crippen molar-refractivity contribution in [3.63, 3.8) is 0 Å². The van der Waals surface area contributed by atoms with Crippen LogP contribution in [0.3, 0.4) is 0 Å². The zero-order valence-corrected chi connectivity index (χ0v) is 9.88. The van der Waals surface area contributed by atoms with Crippen LogP contribution in [0.5, 0.6) is 0 Å². The second-order valence-electron chi connectivity index (χ2n) is 3.79. The molecular weight excluding hydrogens is 206 g/mol. The van der Waals surface area contributed by atoms with Gasteiger partial charge in [0.25, 0.3) is 0 Å². The van der Waals surface area contributed by atoms with Crippen molar-refractivity contribution in [2.24, 2.45) is 0 Å². The topological polar surface area (TPSA) is 37.5 Å². The van der Waals surface area contributed by atoms with Gasteiger partial charge in [-0.15, -0.1) is 12.4 Å². The molecule has 0 aromatic rings. The molecule has 86 valence electrons. The van der Waals surface area contributed by atoms with E-state index in [0.717, 1.165) is 26.4 Å². The Balaban J connectivity index is 0.000000299. The number of rotatable bonds is 4. The maximum atomic E-state index is 5.23. The number of hydrogen-bond acceptors (Lipinski definition) is 4. The molecule has 2 heterocycles. The molecule has 2 aliphatic rings. The first kappa shape index (κ1) is 14.1. The lowest BCUT2D eigenvalue weighted by molar-refractivity contribution is 0.102. The van der Waals surface area contributed by atoms with E-state index in [1.807, 2.05) is 26.0 Å². The average molecular weight is 226 g/mol. The molecule has 2 unspecified atom stereocenters. The first-order valence-electron chi connectivity index (χ1n) is 4.60. The maximum absolute atomic E-state index is 5.23. The third kappa shape index (κ3) is 10.2. The molecule has 0 radical (unpaired) electrons. The molecule has 0 aliphatic carbocycles. The molecule has 5 heteroatoms. The van der Waals surface area contributed by atoms with Crippen molar-refractivity contribution in [2.75, 3.05) is 47.6 Å². The maximum Gasteiger partial charge on any atom is 0.104 e. The van der Waals surface area contributed by atoms with Crippen molar-refractivity contribution in [1.82, 2.24) is 4.90 Å². The van der Waals surface area contributed by atoms with Gasteiger partial charge in [-0.2, -0.15) is 0 Å². The van der Waals surface area contributed by atoms with Gasteiger partial charge in [-0.1, -0.05) is 0 Å². The summed E-state index contributed by atoms with van der Waals surface area (Å²) in [5.41, 5.74) is 0. The summed E-state index contributed by atoms with van der Waals surface area (Å²) >= 11 is 0. The van der Waals surface area contributed by atoms with Crippen LogP contribution in [0.2, 0.25) is 0 Å². The van der Waals surface area contributed by atoms with Gasteiger partial charge in [-0.3, -0.25) is 0 Å². The fraction of sp³-hybridized carbons (Fsp3) is 1.00. The van der Waals surface area contributed by atoms with Crippen molar-refractivity contribution >= 4 is 12.4 Å². The van der Waals surface area contributed by atoms with Gasteiger partial charge >= 0.3 is 0 Å². The predicted molar refractivity (Wildman–Crippen MR) is 57.2 cm³/mol. The van der Waals surface area contributed by atoms with Crippen molar-refractivity contribution in [1.29, 1.82) is 0 Å². The number of ether oxygens (including phenoxy) is 3. The quantitative estimate of drug-likeness (QED) is 0.650. The van der Waals surface area contributed by atoms with Gasteiger partial charge in [0.2, 0.25) is 0 Å². The molecular formula is C9H20ClNO3. The highest BCUT2D eigenvalue weighted by atomic mass is 35.5. The number of halogens is 1. The molecule has 2 rings (SSSR count). The summed E-state index contributed by atoms with van der Waals surface area (Å²) in [7, 11) is 6.00. The molecule has 14 heavy (non-hydrogen) atoms. The van der Waals surface area contributed by atoms with Crippen LogP contribution in [0.25, 0.3) is 0 Å². The SMILES string of the molecule is C(OCC1CO1)C1CO1.CN(C)C.Cl. The monoisotopic (exact) mass is 225 g/mol. The standard InChI is InChI=1S/C6H10O3.C3H9N.ClH/c1(5-3-8-5)7-2-6-4-9-6;1-4(2)3;/h5-6H,1-4H2;1-3H3;1H. The van der Waals surface area contributed by atoms with E-state index in [2.05, 4.69) is 0 Å². The van der Waals surface area contributed by atoms with E-state index in [0.29, 0.717) is 12.2 Å². The number of hydrogen-bond donors (Lipinski definition) is 0. The predicted octanol–water partition coefficient (Wildman–Crippen LogP) is 0.400. The highest BCUT2D eigenvalue weighted by Gasteiger charge is 2.26. The summed E-state index contributed by atoms with van der Waals surface area (Å²) in [5, 5.41) is 0. The summed E-state index contributed by atoms with van der Waals surface area (Å²) in [6, 6.07) is 0. The zero-order chi connectivity index (χ0) is 9.68. The molecule has 4 nitrogen and oxygen atoms in total. The first-order valence-corrected chi connectivity index (χ1v) is 4.60. The van der Waals surface area contributed by atoms with Crippen LogP contribution in [-0.4, -0.2) is 64.7 Å². The summed E-state index contributed by atoms with van der Waals surface area (Å²) in [4.78, 5) is 2.00. The Morgan fingerprint density at radius 2 is 1.36 bits per heavy atom. The van der Waals surface area contributed by atoms with E-state index in [1.165, 1.54) is 0 Å². The molecule has 0 aromatic carbocycles. The molecule has 2 fully saturated rings. The number of nitrogens with zero attached hydrogens (tertiary/aromatic N) is 1. The third-order valence-corrected chi connectivity index (χ3v) is 1.41. The summed E-state index contributed by atoms with van der Waals surface area (Å²) < 4.78 is 15.1. The van der Waals surface area contributed by atoms with Gasteiger partial charge in [0, 0.05) is 0 Å². The molecule has 0 saturated carbocycles. The Morgan fingerprint density at radius 3 is 1.57 bits per heavy atom. The van der Waals surface area contributed by atoms with Crippen LogP contribution in [0.15, 0.2) is 0 Å². The average Bonchev–Trinajstić information content (AvgIpc) is 2.78. The Morgan fingerprint density at radius 1 is 1.07 bits per heavy atom. The number of epoxide rings is 2. The zero-order valence-electron chi connectivity index (χ0n) is 9.06. The van der Waals surface area contributed by atoms with Crippen LogP contribution >= 0.6 is 12.4 Å². The molecule has 0 N–H and O–H groups in total. The van der Waals surface area contributed by atoms with Gasteiger partial charge in [0.1, 0.15) is 12.2 Å². The molecule has 0 amide bonds. The molecule has 2 atom stereocenters. The lowest BCUT2D eigenvalue weighted by atomic mass is 10.5. The van der Waals surface area contributed by atoms with Crippen LogP contribution in [0, 0.1) is 0 Å². The van der Waals surface area contributed by atoms with Crippen molar-refractivity contribution in [2.45, 2.75) is 12.2 Å². The smallest absolute Gasteiger partial charge is 0.104 e. The minimum absolute atomic E-state index is 0. The van der Waals surface area contributed by atoms with E-state index >= 15 is 0 Å². The fourth-order valence-electron chi connectivity index (χ4n) is 0.659. The first-order chi connectivity index (χ1) is 6.18. The minimum Gasteiger partial charge on any atom is -0.376 e. The second-order valence-corrected chi connectivity index (χ2v) is 3.79. The Hall–Kier alpha value is 0.130. The van der Waals surface area contributed by atoms with Crippen molar-refractivity contribution in [3.8, 4) is 0 Å². The Bertz CT molecular complexity index is 123. The highest BCUT2D eigenvalue weighted by Crippen LogP contribution is 2.12. The molecule has 0 bridgehead atoms. The third-order valence-electron chi connectivity index (χ3n) is 1.41. The van der Waals surface area contributed by atoms with Crippen LogP contribution < -0.4 is 0 Å². The van der Waals surface area contributed by atoms with E-state index in [9.17, 15) is 0 Å². The van der Waals surface area contributed by atoms with Crippen LogP contribution in [0.1, 0.15) is 0 Å².